The fraction of sp³-hybridized carbons (Fsp3) is 0.684. The third kappa shape index (κ3) is 4.12. The van der Waals surface area contributed by atoms with E-state index in [0.29, 0.717) is 37.7 Å². The van der Waals surface area contributed by atoms with Crippen LogP contribution in [0.5, 0.6) is 0 Å². The van der Waals surface area contributed by atoms with E-state index >= 15 is 0 Å². The molecule has 0 N–H and O–H groups in total. The van der Waals surface area contributed by atoms with Crippen molar-refractivity contribution in [3.8, 4) is 0 Å². The SMILES string of the molecule is CCC1(OC)CCCN(Cc2ccccc2S(=O)(=O)N2CCOCC2)C1. The van der Waals surface area contributed by atoms with Crippen LogP contribution in [-0.2, 0) is 26.0 Å². The van der Waals surface area contributed by atoms with Gasteiger partial charge in [0.15, 0.2) is 0 Å². The molecule has 2 aliphatic rings. The van der Waals surface area contributed by atoms with Gasteiger partial charge < -0.3 is 9.47 Å². The van der Waals surface area contributed by atoms with E-state index in [9.17, 15) is 8.42 Å². The summed E-state index contributed by atoms with van der Waals surface area (Å²) in [5.74, 6) is 0. The smallest absolute Gasteiger partial charge is 0.243 e. The highest BCUT2D eigenvalue weighted by Gasteiger charge is 2.35. The summed E-state index contributed by atoms with van der Waals surface area (Å²) >= 11 is 0. The molecule has 6 nitrogen and oxygen atoms in total. The quantitative estimate of drug-likeness (QED) is 0.754. The molecule has 26 heavy (non-hydrogen) atoms. The topological polar surface area (TPSA) is 59.1 Å². The van der Waals surface area contributed by atoms with E-state index in [1.54, 1.807) is 19.2 Å². The standard InChI is InChI=1S/C19H30N2O4S/c1-3-19(24-2)9-6-10-20(16-19)15-17-7-4-5-8-18(17)26(22,23)21-11-13-25-14-12-21/h4-5,7-8H,3,6,9-16H2,1-2H3. The first-order chi connectivity index (χ1) is 12.5. The van der Waals surface area contributed by atoms with E-state index in [4.69, 9.17) is 9.47 Å². The van der Waals surface area contributed by atoms with Crippen molar-refractivity contribution in [3.63, 3.8) is 0 Å². The lowest BCUT2D eigenvalue weighted by Crippen LogP contribution is -2.48. The Kier molecular flexibility index (Phi) is 6.35. The molecule has 1 aromatic carbocycles. The lowest BCUT2D eigenvalue weighted by atomic mass is 9.90. The van der Waals surface area contributed by atoms with Gasteiger partial charge in [0.25, 0.3) is 0 Å². The summed E-state index contributed by atoms with van der Waals surface area (Å²) in [7, 11) is -1.71. The van der Waals surface area contributed by atoms with Gasteiger partial charge in [-0.25, -0.2) is 8.42 Å². The summed E-state index contributed by atoms with van der Waals surface area (Å²) < 4.78 is 38.9. The highest BCUT2D eigenvalue weighted by Crippen LogP contribution is 2.30. The van der Waals surface area contributed by atoms with Gasteiger partial charge in [-0.1, -0.05) is 25.1 Å². The van der Waals surface area contributed by atoms with Crippen molar-refractivity contribution in [1.29, 1.82) is 0 Å². The third-order valence-electron chi connectivity index (χ3n) is 5.65. The first-order valence-corrected chi connectivity index (χ1v) is 10.9. The maximum Gasteiger partial charge on any atom is 0.243 e. The normalized spacial score (nSPS) is 26.1. The fourth-order valence-electron chi connectivity index (χ4n) is 3.98. The number of likely N-dealkylation sites (tertiary alicyclic amines) is 1. The molecule has 0 saturated carbocycles. The van der Waals surface area contributed by atoms with Crippen molar-refractivity contribution in [3.05, 3.63) is 29.8 Å². The van der Waals surface area contributed by atoms with Crippen molar-refractivity contribution in [2.24, 2.45) is 0 Å². The zero-order valence-electron chi connectivity index (χ0n) is 15.8. The number of piperidine rings is 1. The number of hydrogen-bond donors (Lipinski definition) is 0. The molecule has 0 aromatic heterocycles. The third-order valence-corrected chi connectivity index (χ3v) is 7.65. The molecule has 2 aliphatic heterocycles. The molecule has 0 radical (unpaired) electrons. The summed E-state index contributed by atoms with van der Waals surface area (Å²) in [6.07, 6.45) is 3.10. The Bertz CT molecular complexity index is 697. The van der Waals surface area contributed by atoms with Crippen molar-refractivity contribution >= 4 is 10.0 Å². The predicted octanol–water partition coefficient (Wildman–Crippen LogP) is 2.10. The van der Waals surface area contributed by atoms with Crippen LogP contribution in [0.15, 0.2) is 29.2 Å². The Morgan fingerprint density at radius 2 is 1.92 bits per heavy atom. The van der Waals surface area contributed by atoms with Gasteiger partial charge >= 0.3 is 0 Å². The molecule has 2 heterocycles. The first kappa shape index (κ1) is 19.8. The molecule has 1 atom stereocenters. The van der Waals surface area contributed by atoms with Crippen LogP contribution in [0.4, 0.5) is 0 Å². The van der Waals surface area contributed by atoms with E-state index in [1.807, 2.05) is 12.1 Å². The minimum Gasteiger partial charge on any atom is -0.379 e. The lowest BCUT2D eigenvalue weighted by molar-refractivity contribution is -0.0689. The van der Waals surface area contributed by atoms with Gasteiger partial charge in [-0.3, -0.25) is 4.90 Å². The average Bonchev–Trinajstić information content (AvgIpc) is 2.69. The molecule has 2 fully saturated rings. The second-order valence-electron chi connectivity index (χ2n) is 7.18. The number of benzene rings is 1. The molecular formula is C19H30N2O4S. The Labute approximate surface area is 157 Å². The van der Waals surface area contributed by atoms with Gasteiger partial charge in [0, 0.05) is 33.3 Å². The molecule has 1 unspecified atom stereocenters. The molecule has 1 aromatic rings. The van der Waals surface area contributed by atoms with E-state index in [2.05, 4.69) is 11.8 Å². The molecule has 0 bridgehead atoms. The largest absolute Gasteiger partial charge is 0.379 e. The van der Waals surface area contributed by atoms with Crippen LogP contribution in [0, 0.1) is 0 Å². The van der Waals surface area contributed by atoms with Crippen molar-refractivity contribution < 1.29 is 17.9 Å². The Morgan fingerprint density at radius 3 is 2.62 bits per heavy atom. The van der Waals surface area contributed by atoms with Crippen LogP contribution < -0.4 is 0 Å². The van der Waals surface area contributed by atoms with Gasteiger partial charge in [0.2, 0.25) is 10.0 Å². The van der Waals surface area contributed by atoms with E-state index in [-0.39, 0.29) is 5.60 Å². The number of nitrogens with zero attached hydrogens (tertiary/aromatic N) is 2. The van der Waals surface area contributed by atoms with Gasteiger partial charge in [-0.05, 0) is 37.4 Å². The van der Waals surface area contributed by atoms with Crippen LogP contribution in [0.25, 0.3) is 0 Å². The van der Waals surface area contributed by atoms with Crippen molar-refractivity contribution in [2.75, 3.05) is 46.5 Å². The zero-order valence-corrected chi connectivity index (χ0v) is 16.6. The van der Waals surface area contributed by atoms with Crippen LogP contribution in [0.3, 0.4) is 0 Å². The molecule has 0 aliphatic carbocycles. The number of hydrogen-bond acceptors (Lipinski definition) is 5. The van der Waals surface area contributed by atoms with Crippen LogP contribution in [-0.4, -0.2) is 69.7 Å². The van der Waals surface area contributed by atoms with E-state index in [0.717, 1.165) is 37.9 Å². The minimum absolute atomic E-state index is 0.115. The van der Waals surface area contributed by atoms with E-state index < -0.39 is 10.0 Å². The molecule has 2 saturated heterocycles. The van der Waals surface area contributed by atoms with Crippen LogP contribution in [0.2, 0.25) is 0 Å². The molecular weight excluding hydrogens is 352 g/mol. The molecule has 0 spiro atoms. The Balaban J connectivity index is 1.81. The molecule has 7 heteroatoms. The van der Waals surface area contributed by atoms with Crippen molar-refractivity contribution in [2.45, 2.75) is 43.2 Å². The average molecular weight is 383 g/mol. The second kappa shape index (κ2) is 8.35. The molecule has 146 valence electrons. The van der Waals surface area contributed by atoms with E-state index in [1.165, 1.54) is 4.31 Å². The number of methoxy groups -OCH3 is 1. The first-order valence-electron chi connectivity index (χ1n) is 9.44. The van der Waals surface area contributed by atoms with Gasteiger partial charge in [-0.15, -0.1) is 0 Å². The number of sulfonamides is 1. The van der Waals surface area contributed by atoms with Crippen LogP contribution in [0.1, 0.15) is 31.7 Å². The minimum atomic E-state index is -3.49. The Morgan fingerprint density at radius 1 is 1.19 bits per heavy atom. The van der Waals surface area contributed by atoms with Crippen molar-refractivity contribution in [1.82, 2.24) is 9.21 Å². The number of ether oxygens (including phenoxy) is 2. The maximum atomic E-state index is 13.1. The molecule has 3 rings (SSSR count). The number of rotatable bonds is 6. The van der Waals surface area contributed by atoms with Gasteiger partial charge in [0.05, 0.1) is 23.7 Å². The summed E-state index contributed by atoms with van der Waals surface area (Å²) in [6, 6.07) is 7.38. The monoisotopic (exact) mass is 382 g/mol. The second-order valence-corrected chi connectivity index (χ2v) is 9.09. The maximum absolute atomic E-state index is 13.1. The fourth-order valence-corrected chi connectivity index (χ4v) is 5.60. The summed E-state index contributed by atoms with van der Waals surface area (Å²) in [6.45, 7) is 6.35. The summed E-state index contributed by atoms with van der Waals surface area (Å²) in [5.41, 5.74) is 0.748. The van der Waals surface area contributed by atoms with Gasteiger partial charge in [-0.2, -0.15) is 4.31 Å². The summed E-state index contributed by atoms with van der Waals surface area (Å²) in [4.78, 5) is 2.75. The highest BCUT2D eigenvalue weighted by atomic mass is 32.2. The molecule has 0 amide bonds. The highest BCUT2D eigenvalue weighted by molar-refractivity contribution is 7.89. The predicted molar refractivity (Wildman–Crippen MR) is 101 cm³/mol. The van der Waals surface area contributed by atoms with Crippen LogP contribution >= 0.6 is 0 Å². The lowest BCUT2D eigenvalue weighted by Gasteiger charge is -2.41. The number of morpholine rings is 1. The summed E-state index contributed by atoms with van der Waals surface area (Å²) in [5, 5.41) is 0. The Hall–Kier alpha value is -0.990. The zero-order chi connectivity index (χ0) is 18.6. The van der Waals surface area contributed by atoms with Gasteiger partial charge in [0.1, 0.15) is 0 Å².